The molecule has 0 amide bonds. The molecule has 0 saturated carbocycles. The highest BCUT2D eigenvalue weighted by Gasteiger charge is 2.26. The van der Waals surface area contributed by atoms with Crippen LogP contribution < -0.4 is 5.73 Å². The van der Waals surface area contributed by atoms with Gasteiger partial charge in [-0.05, 0) is 6.92 Å². The van der Waals surface area contributed by atoms with Gasteiger partial charge in [-0.25, -0.2) is 22.9 Å². The van der Waals surface area contributed by atoms with Gasteiger partial charge in [0, 0.05) is 0 Å². The number of aromatic nitrogens is 1. The minimum absolute atomic E-state index is 0.0187. The Labute approximate surface area is 89.2 Å². The molecule has 4 nitrogen and oxygen atoms in total. The van der Waals surface area contributed by atoms with E-state index in [4.69, 9.17) is 5.73 Å². The molecule has 2 N–H and O–H groups in total. The minimum Gasteiger partial charge on any atom is -0.461 e. The van der Waals surface area contributed by atoms with Crippen molar-refractivity contribution in [3.8, 4) is 0 Å². The summed E-state index contributed by atoms with van der Waals surface area (Å²) in [6, 6.07) is 0. The molecule has 0 aliphatic heterocycles. The van der Waals surface area contributed by atoms with Gasteiger partial charge in [-0.15, -0.1) is 0 Å². The molecule has 0 radical (unpaired) electrons. The van der Waals surface area contributed by atoms with Crippen LogP contribution in [0.2, 0.25) is 0 Å². The van der Waals surface area contributed by atoms with Crippen molar-refractivity contribution in [2.24, 2.45) is 0 Å². The third-order valence-electron chi connectivity index (χ3n) is 1.76. The molecule has 0 aliphatic carbocycles. The van der Waals surface area contributed by atoms with Crippen molar-refractivity contribution < 1.29 is 22.7 Å². The van der Waals surface area contributed by atoms with E-state index in [-0.39, 0.29) is 6.61 Å². The normalized spacial score (nSPS) is 10.6. The number of anilines is 1. The van der Waals surface area contributed by atoms with E-state index in [2.05, 4.69) is 9.72 Å². The maximum absolute atomic E-state index is 13.3. The van der Waals surface area contributed by atoms with Crippen LogP contribution in [-0.2, 0) is 4.74 Å². The van der Waals surface area contributed by atoms with Crippen molar-refractivity contribution in [3.63, 3.8) is 0 Å². The number of rotatable bonds is 3. The third-order valence-corrected chi connectivity index (χ3v) is 1.76. The van der Waals surface area contributed by atoms with Gasteiger partial charge in [-0.3, -0.25) is 0 Å². The van der Waals surface area contributed by atoms with Crippen molar-refractivity contribution in [2.75, 3.05) is 12.3 Å². The Morgan fingerprint density at radius 2 is 2.25 bits per heavy atom. The number of hydrogen-bond acceptors (Lipinski definition) is 4. The number of nitrogens with zero attached hydrogens (tertiary/aromatic N) is 1. The summed E-state index contributed by atoms with van der Waals surface area (Å²) in [5.41, 5.74) is 2.67. The van der Waals surface area contributed by atoms with E-state index in [0.29, 0.717) is 0 Å². The lowest BCUT2D eigenvalue weighted by Gasteiger charge is -2.09. The number of hydrogen-bond donors (Lipinski definition) is 1. The molecule has 1 aromatic heterocycles. The van der Waals surface area contributed by atoms with Gasteiger partial charge in [-0.2, -0.15) is 0 Å². The van der Waals surface area contributed by atoms with Gasteiger partial charge < -0.3 is 10.5 Å². The van der Waals surface area contributed by atoms with Crippen LogP contribution in [0, 0.1) is 5.82 Å². The fourth-order valence-corrected chi connectivity index (χ4v) is 1.08. The van der Waals surface area contributed by atoms with Crippen LogP contribution in [-0.4, -0.2) is 17.6 Å². The molecule has 0 aliphatic rings. The predicted molar refractivity (Wildman–Crippen MR) is 49.5 cm³/mol. The molecule has 0 aromatic carbocycles. The standard InChI is InChI=1S/C9H9F3N2O2/c1-2-16-9(15)7-5(8(11)12)6(10)4(13)3-14-7/h3,8H,2,13H2,1H3. The van der Waals surface area contributed by atoms with Gasteiger partial charge in [0.25, 0.3) is 6.43 Å². The van der Waals surface area contributed by atoms with Crippen LogP contribution in [0.3, 0.4) is 0 Å². The fraction of sp³-hybridized carbons (Fsp3) is 0.333. The molecular formula is C9H9F3N2O2. The zero-order chi connectivity index (χ0) is 12.3. The van der Waals surface area contributed by atoms with E-state index in [1.807, 2.05) is 0 Å². The number of nitrogen functional groups attached to an aromatic ring is 1. The summed E-state index contributed by atoms with van der Waals surface area (Å²) >= 11 is 0. The van der Waals surface area contributed by atoms with Gasteiger partial charge in [0.05, 0.1) is 24.1 Å². The van der Waals surface area contributed by atoms with E-state index in [9.17, 15) is 18.0 Å². The van der Waals surface area contributed by atoms with E-state index in [0.717, 1.165) is 6.20 Å². The van der Waals surface area contributed by atoms with Crippen molar-refractivity contribution in [2.45, 2.75) is 13.3 Å². The Kier molecular flexibility index (Phi) is 3.70. The van der Waals surface area contributed by atoms with Crippen molar-refractivity contribution in [3.05, 3.63) is 23.3 Å². The first-order chi connectivity index (χ1) is 7.49. The second-order valence-corrected chi connectivity index (χ2v) is 2.81. The molecule has 0 atom stereocenters. The first kappa shape index (κ1) is 12.3. The molecule has 0 bridgehead atoms. The summed E-state index contributed by atoms with van der Waals surface area (Å²) in [6.45, 7) is 1.47. The Morgan fingerprint density at radius 3 is 2.75 bits per heavy atom. The number of esters is 1. The second-order valence-electron chi connectivity index (χ2n) is 2.81. The van der Waals surface area contributed by atoms with Crippen LogP contribution >= 0.6 is 0 Å². The Hall–Kier alpha value is -1.79. The largest absolute Gasteiger partial charge is 0.461 e. The molecule has 1 aromatic rings. The number of ether oxygens (including phenoxy) is 1. The first-order valence-corrected chi connectivity index (χ1v) is 4.38. The summed E-state index contributed by atoms with van der Waals surface area (Å²) in [5, 5.41) is 0. The lowest BCUT2D eigenvalue weighted by Crippen LogP contribution is -2.14. The number of alkyl halides is 2. The average molecular weight is 234 g/mol. The number of nitrogens with two attached hydrogens (primary N) is 1. The summed E-state index contributed by atoms with van der Waals surface area (Å²) in [4.78, 5) is 14.6. The molecule has 1 rings (SSSR count). The molecular weight excluding hydrogens is 225 g/mol. The molecule has 1 heterocycles. The summed E-state index contributed by atoms with van der Waals surface area (Å²) in [5.74, 6) is -2.44. The predicted octanol–water partition coefficient (Wildman–Crippen LogP) is 1.92. The maximum Gasteiger partial charge on any atom is 0.357 e. The Bertz CT molecular complexity index is 410. The van der Waals surface area contributed by atoms with E-state index in [1.165, 1.54) is 6.92 Å². The van der Waals surface area contributed by atoms with Gasteiger partial charge in [-0.1, -0.05) is 0 Å². The van der Waals surface area contributed by atoms with Crippen LogP contribution in [0.4, 0.5) is 18.9 Å². The molecule has 0 spiro atoms. The quantitative estimate of drug-likeness (QED) is 0.811. The minimum atomic E-state index is -3.18. The van der Waals surface area contributed by atoms with Crippen LogP contribution in [0.5, 0.6) is 0 Å². The fourth-order valence-electron chi connectivity index (χ4n) is 1.08. The van der Waals surface area contributed by atoms with Gasteiger partial charge in [0.2, 0.25) is 0 Å². The van der Waals surface area contributed by atoms with Crippen LogP contribution in [0.25, 0.3) is 0 Å². The highest BCUT2D eigenvalue weighted by atomic mass is 19.3. The molecule has 88 valence electrons. The SMILES string of the molecule is CCOC(=O)c1ncc(N)c(F)c1C(F)F. The summed E-state index contributed by atoms with van der Waals surface area (Å²) in [7, 11) is 0. The average Bonchev–Trinajstić information content (AvgIpc) is 2.21. The van der Waals surface area contributed by atoms with Gasteiger partial charge in [0.1, 0.15) is 0 Å². The highest BCUT2D eigenvalue weighted by Crippen LogP contribution is 2.28. The number of pyridine rings is 1. The monoisotopic (exact) mass is 234 g/mol. The molecule has 0 unspecified atom stereocenters. The highest BCUT2D eigenvalue weighted by molar-refractivity contribution is 5.89. The Morgan fingerprint density at radius 1 is 1.62 bits per heavy atom. The Balaban J connectivity index is 3.28. The maximum atomic E-state index is 13.3. The lowest BCUT2D eigenvalue weighted by atomic mass is 10.1. The van der Waals surface area contributed by atoms with Crippen molar-refractivity contribution in [1.29, 1.82) is 0 Å². The smallest absolute Gasteiger partial charge is 0.357 e. The van der Waals surface area contributed by atoms with Gasteiger partial charge in [0.15, 0.2) is 11.5 Å². The van der Waals surface area contributed by atoms with Gasteiger partial charge >= 0.3 is 5.97 Å². The topological polar surface area (TPSA) is 65.2 Å². The first-order valence-electron chi connectivity index (χ1n) is 4.38. The lowest BCUT2D eigenvalue weighted by molar-refractivity contribution is 0.0505. The van der Waals surface area contributed by atoms with Crippen molar-refractivity contribution >= 4 is 11.7 Å². The van der Waals surface area contributed by atoms with E-state index >= 15 is 0 Å². The molecule has 0 saturated heterocycles. The molecule has 16 heavy (non-hydrogen) atoms. The van der Waals surface area contributed by atoms with E-state index in [1.54, 1.807) is 0 Å². The second kappa shape index (κ2) is 4.82. The van der Waals surface area contributed by atoms with Crippen LogP contribution in [0.1, 0.15) is 29.4 Å². The molecule has 0 fully saturated rings. The summed E-state index contributed by atoms with van der Waals surface area (Å²) in [6.07, 6.45) is -2.39. The zero-order valence-corrected chi connectivity index (χ0v) is 8.34. The number of carbonyl (C=O) groups is 1. The van der Waals surface area contributed by atoms with E-state index < -0.39 is 35.2 Å². The number of carbonyl (C=O) groups excluding carboxylic acids is 1. The number of halogens is 3. The van der Waals surface area contributed by atoms with Crippen LogP contribution in [0.15, 0.2) is 6.20 Å². The third kappa shape index (κ3) is 2.23. The summed E-state index contributed by atoms with van der Waals surface area (Å²) < 4.78 is 42.8. The molecule has 7 heteroatoms. The zero-order valence-electron chi connectivity index (χ0n) is 8.34. The van der Waals surface area contributed by atoms with Crippen molar-refractivity contribution in [1.82, 2.24) is 4.98 Å².